The molecule has 0 bridgehead atoms. The van der Waals surface area contributed by atoms with E-state index in [1.807, 2.05) is 23.7 Å². The van der Waals surface area contributed by atoms with Crippen molar-refractivity contribution in [2.45, 2.75) is 17.8 Å². The van der Waals surface area contributed by atoms with E-state index in [0.717, 1.165) is 22.3 Å². The fourth-order valence-corrected chi connectivity index (χ4v) is 3.60. The minimum atomic E-state index is 0.555. The van der Waals surface area contributed by atoms with Crippen LogP contribution in [-0.2, 0) is 12.8 Å². The zero-order valence-corrected chi connectivity index (χ0v) is 17.0. The van der Waals surface area contributed by atoms with Gasteiger partial charge in [-0.05, 0) is 24.6 Å². The van der Waals surface area contributed by atoms with Crippen molar-refractivity contribution < 1.29 is 14.2 Å². The highest BCUT2D eigenvalue weighted by molar-refractivity contribution is 7.98. The predicted octanol–water partition coefficient (Wildman–Crippen LogP) is 4.11. The molecule has 0 aliphatic heterocycles. The van der Waals surface area contributed by atoms with Gasteiger partial charge in [0.15, 0.2) is 22.5 Å². The van der Waals surface area contributed by atoms with Crippen molar-refractivity contribution >= 4 is 11.8 Å². The summed E-state index contributed by atoms with van der Waals surface area (Å²) in [5, 5.41) is 9.55. The number of hydrogen-bond donors (Lipinski definition) is 0. The van der Waals surface area contributed by atoms with Crippen molar-refractivity contribution in [3.63, 3.8) is 0 Å². The first-order chi connectivity index (χ1) is 13.1. The molecule has 0 unspecified atom stereocenters. The van der Waals surface area contributed by atoms with Crippen LogP contribution in [0.1, 0.15) is 11.1 Å². The Morgan fingerprint density at radius 2 is 1.56 bits per heavy atom. The highest BCUT2D eigenvalue weighted by Crippen LogP contribution is 2.41. The first kappa shape index (κ1) is 19.1. The van der Waals surface area contributed by atoms with Gasteiger partial charge in [-0.25, -0.2) is 0 Å². The molecule has 3 rings (SSSR count). The third kappa shape index (κ3) is 4.03. The third-order valence-corrected chi connectivity index (χ3v) is 5.34. The standard InChI is InChI=1S/C20H23N3O3S/c1-13-6-8-14(9-7-13)12-27-20-22-21-19(23(20)2)15-10-16(24-3)18(26-5)17(11-15)25-4/h6-11H,12H2,1-5H3. The van der Waals surface area contributed by atoms with Gasteiger partial charge in [0.25, 0.3) is 0 Å². The van der Waals surface area contributed by atoms with Gasteiger partial charge in [-0.2, -0.15) is 0 Å². The van der Waals surface area contributed by atoms with Crippen LogP contribution in [0.5, 0.6) is 17.2 Å². The van der Waals surface area contributed by atoms with Gasteiger partial charge in [0, 0.05) is 18.4 Å². The monoisotopic (exact) mass is 385 g/mol. The van der Waals surface area contributed by atoms with Crippen LogP contribution in [0.15, 0.2) is 41.6 Å². The second-order valence-corrected chi connectivity index (χ2v) is 7.00. The molecule has 6 nitrogen and oxygen atoms in total. The van der Waals surface area contributed by atoms with Crippen molar-refractivity contribution in [1.82, 2.24) is 14.8 Å². The van der Waals surface area contributed by atoms with E-state index in [-0.39, 0.29) is 0 Å². The molecule has 0 saturated heterocycles. The van der Waals surface area contributed by atoms with Crippen LogP contribution < -0.4 is 14.2 Å². The Kier molecular flexibility index (Phi) is 5.91. The summed E-state index contributed by atoms with van der Waals surface area (Å²) in [4.78, 5) is 0. The summed E-state index contributed by atoms with van der Waals surface area (Å²) >= 11 is 1.65. The molecule has 142 valence electrons. The maximum Gasteiger partial charge on any atom is 0.203 e. The first-order valence-corrected chi connectivity index (χ1v) is 9.44. The molecular weight excluding hydrogens is 362 g/mol. The lowest BCUT2D eigenvalue weighted by molar-refractivity contribution is 0.324. The molecule has 0 spiro atoms. The van der Waals surface area contributed by atoms with E-state index >= 15 is 0 Å². The SMILES string of the molecule is COc1cc(-c2nnc(SCc3ccc(C)cc3)n2C)cc(OC)c1OC. The number of thioether (sulfide) groups is 1. The van der Waals surface area contributed by atoms with Crippen molar-refractivity contribution in [2.24, 2.45) is 7.05 Å². The molecule has 0 radical (unpaired) electrons. The van der Waals surface area contributed by atoms with Crippen LogP contribution in [0.4, 0.5) is 0 Å². The van der Waals surface area contributed by atoms with Gasteiger partial charge in [-0.1, -0.05) is 41.6 Å². The van der Waals surface area contributed by atoms with Crippen LogP contribution in [0.3, 0.4) is 0 Å². The highest BCUT2D eigenvalue weighted by atomic mass is 32.2. The van der Waals surface area contributed by atoms with Crippen LogP contribution in [0.25, 0.3) is 11.4 Å². The molecule has 7 heteroatoms. The Labute approximate surface area is 163 Å². The Balaban J connectivity index is 1.87. The lowest BCUT2D eigenvalue weighted by atomic mass is 10.1. The molecule has 27 heavy (non-hydrogen) atoms. The van der Waals surface area contributed by atoms with Gasteiger partial charge in [0.05, 0.1) is 21.3 Å². The van der Waals surface area contributed by atoms with Crippen LogP contribution in [-0.4, -0.2) is 36.1 Å². The Morgan fingerprint density at radius 1 is 0.926 bits per heavy atom. The zero-order chi connectivity index (χ0) is 19.4. The second kappa shape index (κ2) is 8.35. The van der Waals surface area contributed by atoms with E-state index in [2.05, 4.69) is 41.4 Å². The van der Waals surface area contributed by atoms with Crippen molar-refractivity contribution in [2.75, 3.05) is 21.3 Å². The first-order valence-electron chi connectivity index (χ1n) is 8.45. The predicted molar refractivity (Wildman–Crippen MR) is 107 cm³/mol. The van der Waals surface area contributed by atoms with E-state index in [1.165, 1.54) is 11.1 Å². The second-order valence-electron chi connectivity index (χ2n) is 6.05. The summed E-state index contributed by atoms with van der Waals surface area (Å²) < 4.78 is 18.2. The molecule has 0 aliphatic rings. The molecule has 2 aromatic carbocycles. The Hall–Kier alpha value is -2.67. The summed E-state index contributed by atoms with van der Waals surface area (Å²) in [5.41, 5.74) is 3.36. The van der Waals surface area contributed by atoms with Crippen LogP contribution in [0, 0.1) is 6.92 Å². The molecule has 1 aromatic heterocycles. The van der Waals surface area contributed by atoms with Gasteiger partial charge in [0.1, 0.15) is 0 Å². The van der Waals surface area contributed by atoms with E-state index in [0.29, 0.717) is 17.2 Å². The van der Waals surface area contributed by atoms with Gasteiger partial charge >= 0.3 is 0 Å². The zero-order valence-electron chi connectivity index (χ0n) is 16.1. The summed E-state index contributed by atoms with van der Waals surface area (Å²) in [6, 6.07) is 12.3. The van der Waals surface area contributed by atoms with Crippen molar-refractivity contribution in [3.05, 3.63) is 47.5 Å². The fraction of sp³-hybridized carbons (Fsp3) is 0.300. The smallest absolute Gasteiger partial charge is 0.203 e. The lowest BCUT2D eigenvalue weighted by Gasteiger charge is -2.14. The van der Waals surface area contributed by atoms with Crippen molar-refractivity contribution in [3.8, 4) is 28.6 Å². The van der Waals surface area contributed by atoms with Crippen LogP contribution in [0.2, 0.25) is 0 Å². The summed E-state index contributed by atoms with van der Waals surface area (Å²) in [5.74, 6) is 3.30. The molecule has 0 aliphatic carbocycles. The number of hydrogen-bond acceptors (Lipinski definition) is 6. The molecule has 0 atom stereocenters. The molecule has 0 fully saturated rings. The normalized spacial score (nSPS) is 10.7. The fourth-order valence-electron chi connectivity index (χ4n) is 2.73. The maximum atomic E-state index is 5.43. The Morgan fingerprint density at radius 3 is 2.11 bits per heavy atom. The van der Waals surface area contributed by atoms with Crippen LogP contribution >= 0.6 is 11.8 Å². The molecule has 0 saturated carbocycles. The van der Waals surface area contributed by atoms with Crippen molar-refractivity contribution in [1.29, 1.82) is 0 Å². The van der Waals surface area contributed by atoms with Gasteiger partial charge in [-0.15, -0.1) is 10.2 Å². The molecule has 1 heterocycles. The summed E-state index contributed by atoms with van der Waals surface area (Å²) in [7, 11) is 6.74. The average Bonchev–Trinajstić information content (AvgIpc) is 3.06. The highest BCUT2D eigenvalue weighted by Gasteiger charge is 2.18. The Bertz CT molecular complexity index is 898. The summed E-state index contributed by atoms with van der Waals surface area (Å²) in [6.07, 6.45) is 0. The molecule has 3 aromatic rings. The number of rotatable bonds is 7. The number of aromatic nitrogens is 3. The molecule has 0 amide bonds. The number of methoxy groups -OCH3 is 3. The van der Waals surface area contributed by atoms with E-state index in [4.69, 9.17) is 14.2 Å². The third-order valence-electron chi connectivity index (χ3n) is 4.25. The number of benzene rings is 2. The van der Waals surface area contributed by atoms with Gasteiger partial charge < -0.3 is 18.8 Å². The topological polar surface area (TPSA) is 58.4 Å². The lowest BCUT2D eigenvalue weighted by Crippen LogP contribution is -1.99. The number of ether oxygens (including phenoxy) is 3. The van der Waals surface area contributed by atoms with Gasteiger partial charge in [-0.3, -0.25) is 0 Å². The van der Waals surface area contributed by atoms with E-state index in [1.54, 1.807) is 33.1 Å². The quantitative estimate of drug-likeness (QED) is 0.571. The number of aryl methyl sites for hydroxylation is 1. The largest absolute Gasteiger partial charge is 0.493 e. The number of nitrogens with zero attached hydrogens (tertiary/aromatic N) is 3. The minimum absolute atomic E-state index is 0.555. The summed E-state index contributed by atoms with van der Waals surface area (Å²) in [6.45, 7) is 2.09. The van der Waals surface area contributed by atoms with E-state index in [9.17, 15) is 0 Å². The van der Waals surface area contributed by atoms with E-state index < -0.39 is 0 Å². The minimum Gasteiger partial charge on any atom is -0.493 e. The molecule has 0 N–H and O–H groups in total. The maximum absolute atomic E-state index is 5.43. The van der Waals surface area contributed by atoms with Gasteiger partial charge in [0.2, 0.25) is 5.75 Å². The molecular formula is C20H23N3O3S. The average molecular weight is 385 g/mol.